The van der Waals surface area contributed by atoms with E-state index in [0.29, 0.717) is 0 Å². The minimum Gasteiger partial charge on any atom is -0.394 e. The fourth-order valence-corrected chi connectivity index (χ4v) is 1.58. The summed E-state index contributed by atoms with van der Waals surface area (Å²) in [7, 11) is 0. The van der Waals surface area contributed by atoms with Gasteiger partial charge in [0, 0.05) is 13.1 Å². The quantitative estimate of drug-likeness (QED) is 0.232. The average molecular weight is 376 g/mol. The van der Waals surface area contributed by atoms with Gasteiger partial charge in [-0.1, -0.05) is 0 Å². The van der Waals surface area contributed by atoms with Crippen molar-refractivity contribution in [2.45, 2.75) is 38.8 Å². The van der Waals surface area contributed by atoms with Crippen LogP contribution in [0.2, 0.25) is 0 Å². The monoisotopic (exact) mass is 376 g/mol. The first kappa shape index (κ1) is 24.4. The Balaban J connectivity index is 4.42. The van der Waals surface area contributed by atoms with Gasteiger partial charge in [0.2, 0.25) is 11.8 Å². The van der Waals surface area contributed by atoms with Gasteiger partial charge in [-0.25, -0.2) is 0 Å². The van der Waals surface area contributed by atoms with Crippen LogP contribution in [0.5, 0.6) is 0 Å². The SMILES string of the molecule is CC(C)(N=NC(C)(C)C(=O)NCCOCCO)C(=O)NCCOCCO. The summed E-state index contributed by atoms with van der Waals surface area (Å²) in [5.41, 5.74) is -2.28. The number of azo groups is 1. The fourth-order valence-electron chi connectivity index (χ4n) is 1.58. The standard InChI is InChI=1S/C16H32N4O6/c1-15(2,13(23)17-5-9-25-11-7-21)19-20-16(3,4)14(24)18-6-10-26-12-8-22/h21-22H,5-12H2,1-4H3,(H,17,23)(H,18,24). The van der Waals surface area contributed by atoms with Crippen molar-refractivity contribution in [3.05, 3.63) is 0 Å². The molecule has 0 unspecified atom stereocenters. The molecule has 0 saturated carbocycles. The van der Waals surface area contributed by atoms with Gasteiger partial charge in [0.15, 0.2) is 11.1 Å². The summed E-state index contributed by atoms with van der Waals surface area (Å²) in [5, 5.41) is 30.6. The largest absolute Gasteiger partial charge is 0.394 e. The lowest BCUT2D eigenvalue weighted by Gasteiger charge is -2.22. The molecule has 10 nitrogen and oxygen atoms in total. The highest BCUT2D eigenvalue weighted by atomic mass is 16.5. The zero-order valence-corrected chi connectivity index (χ0v) is 16.1. The summed E-state index contributed by atoms with van der Waals surface area (Å²) >= 11 is 0. The smallest absolute Gasteiger partial charge is 0.249 e. The molecule has 0 aromatic carbocycles. The summed E-state index contributed by atoms with van der Waals surface area (Å²) < 4.78 is 10.1. The number of carbonyl (C=O) groups is 2. The summed E-state index contributed by atoms with van der Waals surface area (Å²) in [6.07, 6.45) is 0. The van der Waals surface area contributed by atoms with Crippen molar-refractivity contribution in [2.75, 3.05) is 52.7 Å². The molecule has 0 atom stereocenters. The first-order valence-electron chi connectivity index (χ1n) is 8.55. The number of nitrogens with one attached hydrogen (secondary N) is 2. The van der Waals surface area contributed by atoms with E-state index in [0.717, 1.165) is 0 Å². The maximum Gasteiger partial charge on any atom is 0.249 e. The Kier molecular flexibility index (Phi) is 11.9. The predicted molar refractivity (Wildman–Crippen MR) is 94.8 cm³/mol. The number of ether oxygens (including phenoxy) is 2. The first-order chi connectivity index (χ1) is 12.2. The highest BCUT2D eigenvalue weighted by Crippen LogP contribution is 2.16. The van der Waals surface area contributed by atoms with Crippen molar-refractivity contribution < 1.29 is 29.3 Å². The van der Waals surface area contributed by atoms with Crippen LogP contribution in [-0.4, -0.2) is 85.8 Å². The normalized spacial score (nSPS) is 12.4. The van der Waals surface area contributed by atoms with E-state index in [2.05, 4.69) is 20.9 Å². The van der Waals surface area contributed by atoms with Crippen LogP contribution in [0.15, 0.2) is 10.2 Å². The molecule has 0 spiro atoms. The highest BCUT2D eigenvalue weighted by Gasteiger charge is 2.31. The van der Waals surface area contributed by atoms with Gasteiger partial charge in [0.1, 0.15) is 0 Å². The van der Waals surface area contributed by atoms with E-state index in [4.69, 9.17) is 19.7 Å². The van der Waals surface area contributed by atoms with Crippen molar-refractivity contribution in [1.82, 2.24) is 10.6 Å². The van der Waals surface area contributed by atoms with Crippen LogP contribution in [0.4, 0.5) is 0 Å². The lowest BCUT2D eigenvalue weighted by atomic mass is 10.0. The molecule has 152 valence electrons. The average Bonchev–Trinajstić information content (AvgIpc) is 2.59. The molecule has 0 saturated heterocycles. The maximum absolute atomic E-state index is 12.1. The molecule has 0 rings (SSSR count). The van der Waals surface area contributed by atoms with E-state index in [1.165, 1.54) is 0 Å². The van der Waals surface area contributed by atoms with E-state index in [9.17, 15) is 9.59 Å². The number of rotatable bonds is 14. The second-order valence-electron chi connectivity index (χ2n) is 6.50. The van der Waals surface area contributed by atoms with Crippen molar-refractivity contribution in [3.8, 4) is 0 Å². The van der Waals surface area contributed by atoms with E-state index in [1.54, 1.807) is 27.7 Å². The molecule has 0 aliphatic rings. The minimum absolute atomic E-state index is 0.0711. The number of hydrogen-bond donors (Lipinski definition) is 4. The number of hydrogen-bond acceptors (Lipinski definition) is 8. The van der Waals surface area contributed by atoms with Crippen LogP contribution in [0.25, 0.3) is 0 Å². The molecule has 0 heterocycles. The second kappa shape index (κ2) is 12.7. The van der Waals surface area contributed by atoms with Crippen LogP contribution in [-0.2, 0) is 19.1 Å². The Morgan fingerprint density at radius 3 is 1.42 bits per heavy atom. The van der Waals surface area contributed by atoms with Crippen LogP contribution in [0, 0.1) is 0 Å². The highest BCUT2D eigenvalue weighted by molar-refractivity contribution is 5.86. The maximum atomic E-state index is 12.1. The Hall–Kier alpha value is -1.62. The molecule has 2 amide bonds. The topological polar surface area (TPSA) is 142 Å². The molecule has 0 aliphatic carbocycles. The van der Waals surface area contributed by atoms with Crippen LogP contribution < -0.4 is 10.6 Å². The van der Waals surface area contributed by atoms with E-state index in [1.807, 2.05) is 0 Å². The van der Waals surface area contributed by atoms with E-state index >= 15 is 0 Å². The number of amides is 2. The zero-order chi connectivity index (χ0) is 20.1. The third-order valence-corrected chi connectivity index (χ3v) is 3.20. The molecule has 0 fully saturated rings. The summed E-state index contributed by atoms with van der Waals surface area (Å²) in [6, 6.07) is 0. The lowest BCUT2D eigenvalue weighted by molar-refractivity contribution is -0.127. The van der Waals surface area contributed by atoms with E-state index in [-0.39, 0.29) is 64.5 Å². The Morgan fingerprint density at radius 1 is 0.769 bits per heavy atom. The van der Waals surface area contributed by atoms with Gasteiger partial charge in [-0.05, 0) is 27.7 Å². The third-order valence-electron chi connectivity index (χ3n) is 3.20. The van der Waals surface area contributed by atoms with E-state index < -0.39 is 11.1 Å². The van der Waals surface area contributed by atoms with Gasteiger partial charge in [0.05, 0.1) is 39.6 Å². The molecule has 4 N–H and O–H groups in total. The molecule has 0 aromatic heterocycles. The van der Waals surface area contributed by atoms with Gasteiger partial charge in [-0.3, -0.25) is 9.59 Å². The van der Waals surface area contributed by atoms with Gasteiger partial charge in [-0.2, -0.15) is 10.2 Å². The molecule has 26 heavy (non-hydrogen) atoms. The van der Waals surface area contributed by atoms with Gasteiger partial charge in [0.25, 0.3) is 0 Å². The molecule has 0 aliphatic heterocycles. The molecule has 10 heteroatoms. The lowest BCUT2D eigenvalue weighted by Crippen LogP contribution is -2.44. The molecule has 0 aromatic rings. The Morgan fingerprint density at radius 2 is 1.12 bits per heavy atom. The second-order valence-corrected chi connectivity index (χ2v) is 6.50. The summed E-state index contributed by atoms with van der Waals surface area (Å²) in [5.74, 6) is -0.690. The first-order valence-corrected chi connectivity index (χ1v) is 8.55. The minimum atomic E-state index is -1.14. The summed E-state index contributed by atoms with van der Waals surface area (Å²) in [4.78, 5) is 24.3. The zero-order valence-electron chi connectivity index (χ0n) is 16.1. The Labute approximate surface area is 154 Å². The summed E-state index contributed by atoms with van der Waals surface area (Å²) in [6.45, 7) is 7.81. The molecule has 0 radical (unpaired) electrons. The van der Waals surface area contributed by atoms with Gasteiger partial charge >= 0.3 is 0 Å². The van der Waals surface area contributed by atoms with Crippen molar-refractivity contribution in [2.24, 2.45) is 10.2 Å². The van der Waals surface area contributed by atoms with Crippen LogP contribution in [0.3, 0.4) is 0 Å². The fraction of sp³-hybridized carbons (Fsp3) is 0.875. The number of aliphatic hydroxyl groups is 2. The molecule has 0 bridgehead atoms. The van der Waals surface area contributed by atoms with Gasteiger partial charge in [-0.15, -0.1) is 0 Å². The molecular formula is C16H32N4O6. The Bertz CT molecular complexity index is 414. The molecular weight excluding hydrogens is 344 g/mol. The number of carbonyl (C=O) groups excluding carboxylic acids is 2. The van der Waals surface area contributed by atoms with Crippen molar-refractivity contribution in [3.63, 3.8) is 0 Å². The van der Waals surface area contributed by atoms with Crippen molar-refractivity contribution in [1.29, 1.82) is 0 Å². The third kappa shape index (κ3) is 10.4. The van der Waals surface area contributed by atoms with Gasteiger partial charge < -0.3 is 30.3 Å². The number of aliphatic hydroxyl groups excluding tert-OH is 2. The van der Waals surface area contributed by atoms with Crippen LogP contribution >= 0.6 is 0 Å². The van der Waals surface area contributed by atoms with Crippen LogP contribution in [0.1, 0.15) is 27.7 Å². The number of nitrogens with zero attached hydrogens (tertiary/aromatic N) is 2. The van der Waals surface area contributed by atoms with Crippen molar-refractivity contribution >= 4 is 11.8 Å². The predicted octanol–water partition coefficient (Wildman–Crippen LogP) is -0.754.